The van der Waals surface area contributed by atoms with Gasteiger partial charge in [-0.2, -0.15) is 0 Å². The van der Waals surface area contributed by atoms with E-state index in [0.29, 0.717) is 5.02 Å². The number of nitrogens with zero attached hydrogens (tertiary/aromatic N) is 2. The molecule has 1 N–H and O–H groups in total. The quantitative estimate of drug-likeness (QED) is 0.750. The third-order valence-corrected chi connectivity index (χ3v) is 4.47. The van der Waals surface area contributed by atoms with Gasteiger partial charge in [-0.3, -0.25) is 0 Å². The molecule has 114 valence electrons. The van der Waals surface area contributed by atoms with Gasteiger partial charge >= 0.3 is 0 Å². The van der Waals surface area contributed by atoms with Crippen LogP contribution in [0.1, 0.15) is 28.1 Å². The first-order chi connectivity index (χ1) is 10.5. The minimum atomic E-state index is 0.706. The maximum absolute atomic E-state index is 6.26. The first-order valence-corrected chi connectivity index (χ1v) is 7.79. The largest absolute Gasteiger partial charge is 0.378 e. The van der Waals surface area contributed by atoms with Gasteiger partial charge in [0.2, 0.25) is 0 Å². The highest BCUT2D eigenvalue weighted by Gasteiger charge is 2.11. The molecule has 1 aromatic carbocycles. The molecule has 2 aromatic heterocycles. The van der Waals surface area contributed by atoms with Gasteiger partial charge in [-0.25, -0.2) is 4.98 Å². The molecule has 0 saturated heterocycles. The van der Waals surface area contributed by atoms with Gasteiger partial charge in [-0.1, -0.05) is 29.8 Å². The van der Waals surface area contributed by atoms with Gasteiger partial charge in [-0.05, 0) is 50.5 Å². The summed E-state index contributed by atoms with van der Waals surface area (Å²) in [5.74, 6) is 0. The van der Waals surface area contributed by atoms with E-state index in [1.165, 1.54) is 16.7 Å². The average molecular weight is 314 g/mol. The maximum Gasteiger partial charge on any atom is 0.160 e. The lowest BCUT2D eigenvalue weighted by Gasteiger charge is -2.13. The molecule has 0 bridgehead atoms. The first-order valence-electron chi connectivity index (χ1n) is 7.41. The van der Waals surface area contributed by atoms with Crippen LogP contribution >= 0.6 is 11.6 Å². The van der Waals surface area contributed by atoms with Crippen LogP contribution in [0.4, 0.5) is 5.69 Å². The van der Waals surface area contributed by atoms with E-state index in [0.717, 1.165) is 29.3 Å². The lowest BCUT2D eigenvalue weighted by atomic mass is 10.0. The Morgan fingerprint density at radius 1 is 1.14 bits per heavy atom. The number of hydrogen-bond acceptors (Lipinski definition) is 2. The zero-order valence-electron chi connectivity index (χ0n) is 13.4. The summed E-state index contributed by atoms with van der Waals surface area (Å²) >= 11 is 6.26. The summed E-state index contributed by atoms with van der Waals surface area (Å²) in [5, 5.41) is 4.20. The Hall–Kier alpha value is -2.00. The molecule has 0 radical (unpaired) electrons. The Labute approximate surface area is 136 Å². The van der Waals surface area contributed by atoms with E-state index in [1.807, 2.05) is 23.6 Å². The average Bonchev–Trinajstić information content (AvgIpc) is 2.74. The number of rotatable bonds is 3. The monoisotopic (exact) mass is 313 g/mol. The lowest BCUT2D eigenvalue weighted by molar-refractivity contribution is 1.07. The fourth-order valence-corrected chi connectivity index (χ4v) is 2.99. The second kappa shape index (κ2) is 5.65. The zero-order valence-corrected chi connectivity index (χ0v) is 14.1. The van der Waals surface area contributed by atoms with Gasteiger partial charge in [0.1, 0.15) is 0 Å². The van der Waals surface area contributed by atoms with E-state index in [1.54, 1.807) is 0 Å². The van der Waals surface area contributed by atoms with Crippen molar-refractivity contribution in [1.29, 1.82) is 0 Å². The van der Waals surface area contributed by atoms with Crippen molar-refractivity contribution < 1.29 is 0 Å². The Balaban J connectivity index is 1.99. The normalized spacial score (nSPS) is 11.1. The molecule has 22 heavy (non-hydrogen) atoms. The van der Waals surface area contributed by atoms with E-state index >= 15 is 0 Å². The highest BCUT2D eigenvalue weighted by molar-refractivity contribution is 6.30. The van der Waals surface area contributed by atoms with Crippen molar-refractivity contribution in [2.75, 3.05) is 5.32 Å². The number of anilines is 1. The van der Waals surface area contributed by atoms with Gasteiger partial charge in [0, 0.05) is 18.4 Å². The number of aryl methyl sites for hydroxylation is 4. The zero-order chi connectivity index (χ0) is 15.9. The topological polar surface area (TPSA) is 29.3 Å². The van der Waals surface area contributed by atoms with Crippen LogP contribution in [0.3, 0.4) is 0 Å². The molecule has 0 unspecified atom stereocenters. The molecule has 0 spiro atoms. The highest BCUT2D eigenvalue weighted by atomic mass is 35.5. The summed E-state index contributed by atoms with van der Waals surface area (Å²) < 4.78 is 2.05. The van der Waals surface area contributed by atoms with E-state index in [2.05, 4.69) is 49.3 Å². The Morgan fingerprint density at radius 2 is 1.82 bits per heavy atom. The van der Waals surface area contributed by atoms with Crippen molar-refractivity contribution >= 4 is 22.9 Å². The van der Waals surface area contributed by atoms with Crippen LogP contribution in [0.15, 0.2) is 30.5 Å². The second-order valence-electron chi connectivity index (χ2n) is 5.77. The SMILES string of the molecule is Cc1cccc(C)c1CNc1cc(Cl)cn2c(C)c(C)nc12. The molecule has 0 aliphatic carbocycles. The van der Waals surface area contributed by atoms with Crippen LogP contribution in [-0.4, -0.2) is 9.38 Å². The smallest absolute Gasteiger partial charge is 0.160 e. The number of halogens is 1. The van der Waals surface area contributed by atoms with Crippen LogP contribution in [0.5, 0.6) is 0 Å². The van der Waals surface area contributed by atoms with Crippen LogP contribution in [0.2, 0.25) is 5.02 Å². The Morgan fingerprint density at radius 3 is 2.50 bits per heavy atom. The molecule has 0 saturated carbocycles. The second-order valence-corrected chi connectivity index (χ2v) is 6.21. The summed E-state index contributed by atoms with van der Waals surface area (Å²) in [4.78, 5) is 4.65. The van der Waals surface area contributed by atoms with Crippen LogP contribution in [0, 0.1) is 27.7 Å². The minimum Gasteiger partial charge on any atom is -0.378 e. The molecule has 0 fully saturated rings. The van der Waals surface area contributed by atoms with Gasteiger partial charge < -0.3 is 9.72 Å². The fraction of sp³-hybridized carbons (Fsp3) is 0.278. The van der Waals surface area contributed by atoms with E-state index < -0.39 is 0 Å². The number of benzene rings is 1. The Kier molecular flexibility index (Phi) is 3.83. The number of hydrogen-bond donors (Lipinski definition) is 1. The highest BCUT2D eigenvalue weighted by Crippen LogP contribution is 2.25. The van der Waals surface area contributed by atoms with Gasteiger partial charge in [-0.15, -0.1) is 0 Å². The molecular formula is C18H20ClN3. The molecule has 4 heteroatoms. The summed E-state index contributed by atoms with van der Waals surface area (Å²) in [6.07, 6.45) is 1.91. The predicted octanol–water partition coefficient (Wildman–Crippen LogP) is 4.83. The molecule has 0 atom stereocenters. The van der Waals surface area contributed by atoms with Crippen molar-refractivity contribution in [3.8, 4) is 0 Å². The van der Waals surface area contributed by atoms with Crippen molar-refractivity contribution in [2.45, 2.75) is 34.2 Å². The van der Waals surface area contributed by atoms with E-state index in [-0.39, 0.29) is 0 Å². The van der Waals surface area contributed by atoms with Crippen LogP contribution in [0.25, 0.3) is 5.65 Å². The first kappa shape index (κ1) is 14.9. The third-order valence-electron chi connectivity index (χ3n) is 4.26. The van der Waals surface area contributed by atoms with Crippen molar-refractivity contribution in [2.24, 2.45) is 0 Å². The van der Waals surface area contributed by atoms with Crippen molar-refractivity contribution in [1.82, 2.24) is 9.38 Å². The number of pyridine rings is 1. The lowest BCUT2D eigenvalue weighted by Crippen LogP contribution is -2.05. The van der Waals surface area contributed by atoms with Gasteiger partial charge in [0.15, 0.2) is 5.65 Å². The molecular weight excluding hydrogens is 294 g/mol. The molecule has 0 aliphatic rings. The summed E-state index contributed by atoms with van der Waals surface area (Å²) in [7, 11) is 0. The molecule has 2 heterocycles. The number of imidazole rings is 1. The van der Waals surface area contributed by atoms with Crippen LogP contribution < -0.4 is 5.32 Å². The molecule has 3 nitrogen and oxygen atoms in total. The summed E-state index contributed by atoms with van der Waals surface area (Å²) in [5.41, 5.74) is 7.94. The van der Waals surface area contributed by atoms with E-state index in [4.69, 9.17) is 11.6 Å². The summed E-state index contributed by atoms with van der Waals surface area (Å²) in [6.45, 7) is 9.12. The van der Waals surface area contributed by atoms with Crippen molar-refractivity contribution in [3.05, 3.63) is 63.6 Å². The molecule has 3 rings (SSSR count). The predicted molar refractivity (Wildman–Crippen MR) is 92.9 cm³/mol. The van der Waals surface area contributed by atoms with Crippen LogP contribution in [-0.2, 0) is 6.54 Å². The van der Waals surface area contributed by atoms with Gasteiger partial charge in [0.05, 0.1) is 16.4 Å². The number of nitrogens with one attached hydrogen (secondary N) is 1. The minimum absolute atomic E-state index is 0.706. The van der Waals surface area contributed by atoms with E-state index in [9.17, 15) is 0 Å². The van der Waals surface area contributed by atoms with Gasteiger partial charge in [0.25, 0.3) is 0 Å². The Bertz CT molecular complexity index is 829. The maximum atomic E-state index is 6.26. The standard InChI is InChI=1S/C18H20ClN3/c1-11-6-5-7-12(2)16(11)9-20-17-8-15(19)10-22-14(4)13(3)21-18(17)22/h5-8,10,20H,9H2,1-4H3. The molecule has 0 amide bonds. The molecule has 3 aromatic rings. The third kappa shape index (κ3) is 2.57. The number of aromatic nitrogens is 2. The fourth-order valence-electron chi connectivity index (χ4n) is 2.78. The summed E-state index contributed by atoms with van der Waals surface area (Å²) in [6, 6.07) is 8.31. The molecule has 0 aliphatic heterocycles. The van der Waals surface area contributed by atoms with Crippen molar-refractivity contribution in [3.63, 3.8) is 0 Å². The number of fused-ring (bicyclic) bond motifs is 1.